The van der Waals surface area contributed by atoms with Crippen molar-refractivity contribution >= 4 is 34.5 Å². The molecule has 1 heterocycles. The Bertz CT molecular complexity index is 597. The molecule has 0 spiro atoms. The molecule has 0 aliphatic heterocycles. The van der Waals surface area contributed by atoms with E-state index in [1.54, 1.807) is 44.6 Å². The molecule has 1 N–H and O–H groups in total. The fourth-order valence-corrected chi connectivity index (χ4v) is 2.48. The normalized spacial score (nSPS) is 10.1. The Morgan fingerprint density at radius 1 is 1.16 bits per heavy atom. The third-order valence-corrected chi connectivity index (χ3v) is 3.67. The van der Waals surface area contributed by atoms with Crippen molar-refractivity contribution in [2.75, 3.05) is 19.5 Å². The van der Waals surface area contributed by atoms with Crippen LogP contribution in [0.25, 0.3) is 0 Å². The Balaban J connectivity index is 2.17. The Morgan fingerprint density at radius 3 is 2.47 bits per heavy atom. The number of carbonyl (C=O) groups excluding carboxylic acids is 1. The van der Waals surface area contributed by atoms with Crippen LogP contribution >= 0.6 is 22.9 Å². The van der Waals surface area contributed by atoms with Gasteiger partial charge >= 0.3 is 0 Å². The van der Waals surface area contributed by atoms with Crippen LogP contribution in [0.5, 0.6) is 11.5 Å². The van der Waals surface area contributed by atoms with Crippen LogP contribution in [0.3, 0.4) is 0 Å². The van der Waals surface area contributed by atoms with Gasteiger partial charge in [-0.2, -0.15) is 0 Å². The highest BCUT2D eigenvalue weighted by molar-refractivity contribution is 7.18. The van der Waals surface area contributed by atoms with E-state index < -0.39 is 0 Å². The van der Waals surface area contributed by atoms with Crippen molar-refractivity contribution < 1.29 is 14.3 Å². The first-order valence-electron chi connectivity index (χ1n) is 5.42. The maximum absolute atomic E-state index is 12.0. The predicted molar refractivity (Wildman–Crippen MR) is 76.8 cm³/mol. The van der Waals surface area contributed by atoms with Crippen molar-refractivity contribution in [3.8, 4) is 11.5 Å². The number of anilines is 1. The summed E-state index contributed by atoms with van der Waals surface area (Å²) in [6.07, 6.45) is 0. The first kappa shape index (κ1) is 13.7. The van der Waals surface area contributed by atoms with E-state index in [1.165, 1.54) is 11.3 Å². The van der Waals surface area contributed by atoms with Crippen LogP contribution in [0.1, 0.15) is 9.67 Å². The number of methoxy groups -OCH3 is 2. The maximum Gasteiger partial charge on any atom is 0.265 e. The van der Waals surface area contributed by atoms with Gasteiger partial charge in [0, 0.05) is 11.8 Å². The summed E-state index contributed by atoms with van der Waals surface area (Å²) < 4.78 is 10.9. The van der Waals surface area contributed by atoms with Gasteiger partial charge in [0.25, 0.3) is 5.91 Å². The molecule has 1 aromatic heterocycles. The molecular weight excluding hydrogens is 286 g/mol. The first-order valence-corrected chi connectivity index (χ1v) is 6.62. The van der Waals surface area contributed by atoms with Crippen LogP contribution < -0.4 is 14.8 Å². The van der Waals surface area contributed by atoms with Gasteiger partial charge in [-0.1, -0.05) is 11.6 Å². The van der Waals surface area contributed by atoms with E-state index in [9.17, 15) is 4.79 Å². The lowest BCUT2D eigenvalue weighted by atomic mass is 10.2. The molecule has 0 unspecified atom stereocenters. The molecule has 6 heteroatoms. The third-order valence-electron chi connectivity index (χ3n) is 2.44. The van der Waals surface area contributed by atoms with E-state index in [1.807, 2.05) is 0 Å². The second kappa shape index (κ2) is 5.95. The minimum Gasteiger partial charge on any atom is -0.493 e. The Morgan fingerprint density at radius 2 is 1.89 bits per heavy atom. The molecule has 1 amide bonds. The van der Waals surface area contributed by atoms with Crippen molar-refractivity contribution in [1.82, 2.24) is 0 Å². The number of thiophene rings is 1. The number of ether oxygens (including phenoxy) is 2. The van der Waals surface area contributed by atoms with Gasteiger partial charge in [0.15, 0.2) is 11.5 Å². The average molecular weight is 298 g/mol. The Hall–Kier alpha value is -1.72. The van der Waals surface area contributed by atoms with Crippen molar-refractivity contribution in [3.63, 3.8) is 0 Å². The summed E-state index contributed by atoms with van der Waals surface area (Å²) in [4.78, 5) is 12.5. The zero-order valence-electron chi connectivity index (χ0n) is 10.4. The summed E-state index contributed by atoms with van der Waals surface area (Å²) in [5, 5.41) is 2.77. The monoisotopic (exact) mass is 297 g/mol. The molecule has 0 bridgehead atoms. The lowest BCUT2D eigenvalue weighted by Gasteiger charge is -2.10. The quantitative estimate of drug-likeness (QED) is 0.936. The van der Waals surface area contributed by atoms with Gasteiger partial charge < -0.3 is 14.8 Å². The molecule has 2 rings (SSSR count). The summed E-state index contributed by atoms with van der Waals surface area (Å²) >= 11 is 7.03. The van der Waals surface area contributed by atoms with Crippen molar-refractivity contribution in [3.05, 3.63) is 39.5 Å². The summed E-state index contributed by atoms with van der Waals surface area (Å²) in [5.41, 5.74) is 0.632. The lowest BCUT2D eigenvalue weighted by Crippen LogP contribution is -2.10. The van der Waals surface area contributed by atoms with E-state index in [4.69, 9.17) is 21.1 Å². The van der Waals surface area contributed by atoms with Crippen LogP contribution in [-0.4, -0.2) is 20.1 Å². The summed E-state index contributed by atoms with van der Waals surface area (Å²) in [6, 6.07) is 8.55. The van der Waals surface area contributed by atoms with Crippen molar-refractivity contribution in [2.45, 2.75) is 0 Å². The minimum atomic E-state index is -0.205. The van der Waals surface area contributed by atoms with Crippen molar-refractivity contribution in [2.24, 2.45) is 0 Å². The smallest absolute Gasteiger partial charge is 0.265 e. The zero-order valence-corrected chi connectivity index (χ0v) is 12.0. The molecule has 0 aliphatic rings. The minimum absolute atomic E-state index is 0.205. The van der Waals surface area contributed by atoms with Crippen LogP contribution in [0.2, 0.25) is 4.34 Å². The van der Waals surface area contributed by atoms with Gasteiger partial charge in [-0.05, 0) is 24.3 Å². The number of hydrogen-bond acceptors (Lipinski definition) is 4. The van der Waals surface area contributed by atoms with Gasteiger partial charge in [-0.15, -0.1) is 11.3 Å². The molecule has 0 saturated carbocycles. The van der Waals surface area contributed by atoms with Gasteiger partial charge in [-0.3, -0.25) is 4.79 Å². The number of nitrogens with one attached hydrogen (secondary N) is 1. The standard InChI is InChI=1S/C13H12ClNO3S/c1-17-9-4-3-8(7-10(9)18-2)15-13(16)11-5-6-12(14)19-11/h3-7H,1-2H3,(H,15,16). The second-order valence-corrected chi connectivity index (χ2v) is 5.34. The van der Waals surface area contributed by atoms with E-state index >= 15 is 0 Å². The zero-order chi connectivity index (χ0) is 13.8. The highest BCUT2D eigenvalue weighted by Crippen LogP contribution is 2.30. The SMILES string of the molecule is COc1ccc(NC(=O)c2ccc(Cl)s2)cc1OC. The molecule has 1 aromatic carbocycles. The molecule has 19 heavy (non-hydrogen) atoms. The molecule has 0 saturated heterocycles. The summed E-state index contributed by atoms with van der Waals surface area (Å²) in [7, 11) is 3.10. The number of halogens is 1. The molecule has 0 atom stereocenters. The lowest BCUT2D eigenvalue weighted by molar-refractivity contribution is 0.103. The highest BCUT2D eigenvalue weighted by atomic mass is 35.5. The number of carbonyl (C=O) groups is 1. The number of rotatable bonds is 4. The summed E-state index contributed by atoms with van der Waals surface area (Å²) in [6.45, 7) is 0. The van der Waals surface area contributed by atoms with Crippen LogP contribution in [0, 0.1) is 0 Å². The van der Waals surface area contributed by atoms with Gasteiger partial charge in [0.2, 0.25) is 0 Å². The van der Waals surface area contributed by atoms with Crippen LogP contribution in [0.15, 0.2) is 30.3 Å². The van der Waals surface area contributed by atoms with Gasteiger partial charge in [0.1, 0.15) is 0 Å². The third kappa shape index (κ3) is 3.19. The van der Waals surface area contributed by atoms with E-state index in [0.717, 1.165) is 0 Å². The van der Waals surface area contributed by atoms with E-state index in [2.05, 4.69) is 5.32 Å². The average Bonchev–Trinajstić information content (AvgIpc) is 2.85. The van der Waals surface area contributed by atoms with Crippen molar-refractivity contribution in [1.29, 1.82) is 0 Å². The predicted octanol–water partition coefficient (Wildman–Crippen LogP) is 3.67. The molecule has 0 radical (unpaired) electrons. The van der Waals surface area contributed by atoms with Gasteiger partial charge in [-0.25, -0.2) is 0 Å². The fourth-order valence-electron chi connectivity index (χ4n) is 1.54. The van der Waals surface area contributed by atoms with Crippen LogP contribution in [0.4, 0.5) is 5.69 Å². The Labute approximate surface area is 119 Å². The number of benzene rings is 1. The van der Waals surface area contributed by atoms with E-state index in [-0.39, 0.29) is 5.91 Å². The maximum atomic E-state index is 12.0. The second-order valence-electron chi connectivity index (χ2n) is 3.63. The van der Waals surface area contributed by atoms with Gasteiger partial charge in [0.05, 0.1) is 23.4 Å². The number of amides is 1. The van der Waals surface area contributed by atoms with Crippen LogP contribution in [-0.2, 0) is 0 Å². The molecule has 4 nitrogen and oxygen atoms in total. The molecule has 0 aliphatic carbocycles. The molecular formula is C13H12ClNO3S. The fraction of sp³-hybridized carbons (Fsp3) is 0.154. The van der Waals surface area contributed by atoms with E-state index in [0.29, 0.717) is 26.4 Å². The number of hydrogen-bond donors (Lipinski definition) is 1. The largest absolute Gasteiger partial charge is 0.493 e. The molecule has 0 fully saturated rings. The summed E-state index contributed by atoms with van der Waals surface area (Å²) in [5.74, 6) is 0.966. The first-order chi connectivity index (χ1) is 9.13. The topological polar surface area (TPSA) is 47.6 Å². The molecule has 100 valence electrons. The Kier molecular flexibility index (Phi) is 4.29. The molecule has 2 aromatic rings. The highest BCUT2D eigenvalue weighted by Gasteiger charge is 2.11.